The van der Waals surface area contributed by atoms with Gasteiger partial charge in [0.05, 0.1) is 16.4 Å². The summed E-state index contributed by atoms with van der Waals surface area (Å²) in [5, 5.41) is 8.35. The second-order valence-corrected chi connectivity index (χ2v) is 6.96. The van der Waals surface area contributed by atoms with E-state index in [1.165, 1.54) is 0 Å². The molecule has 0 aliphatic carbocycles. The first kappa shape index (κ1) is 16.6. The molecule has 0 spiro atoms. The molecule has 6 aromatic rings. The SMILES string of the molecule is c1cncc(-c2cnc3n[nH]c(-c4nc5c(-c6cccnc6)cccc5[nH]4)c3c2)c1. The van der Waals surface area contributed by atoms with Gasteiger partial charge in [0.1, 0.15) is 5.69 Å². The van der Waals surface area contributed by atoms with Gasteiger partial charge in [-0.05, 0) is 24.3 Å². The Hall–Kier alpha value is -4.39. The summed E-state index contributed by atoms with van der Waals surface area (Å²) in [7, 11) is 0. The lowest BCUT2D eigenvalue weighted by Gasteiger charge is -2.01. The lowest BCUT2D eigenvalue weighted by atomic mass is 10.1. The molecule has 5 aromatic heterocycles. The molecule has 5 heterocycles. The van der Waals surface area contributed by atoms with E-state index in [0.717, 1.165) is 44.4 Å². The molecule has 0 fully saturated rings. The molecule has 7 heteroatoms. The number of H-pyrrole nitrogens is 2. The predicted molar refractivity (Wildman–Crippen MR) is 115 cm³/mol. The van der Waals surface area contributed by atoms with Crippen LogP contribution in [-0.2, 0) is 0 Å². The number of hydrogen-bond acceptors (Lipinski definition) is 5. The number of pyridine rings is 3. The number of rotatable bonds is 3. The summed E-state index contributed by atoms with van der Waals surface area (Å²) >= 11 is 0. The molecular formula is C23H15N7. The van der Waals surface area contributed by atoms with E-state index in [4.69, 9.17) is 4.98 Å². The average Bonchev–Trinajstić information content (AvgIpc) is 3.43. The Morgan fingerprint density at radius 1 is 0.767 bits per heavy atom. The van der Waals surface area contributed by atoms with Gasteiger partial charge in [-0.2, -0.15) is 5.10 Å². The van der Waals surface area contributed by atoms with E-state index in [9.17, 15) is 0 Å². The quantitative estimate of drug-likeness (QED) is 0.460. The van der Waals surface area contributed by atoms with Crippen molar-refractivity contribution in [3.05, 3.63) is 79.5 Å². The number of imidazole rings is 1. The highest BCUT2D eigenvalue weighted by molar-refractivity contribution is 5.97. The van der Waals surface area contributed by atoms with Crippen LogP contribution in [0.1, 0.15) is 0 Å². The third-order valence-electron chi connectivity index (χ3n) is 5.13. The number of nitrogens with one attached hydrogen (secondary N) is 2. The standard InChI is InChI=1S/C23H15N7/c1-6-17(15-5-3-9-25-12-15)20-19(7-1)27-23(28-20)21-18-10-16(13-26-22(18)30-29-21)14-4-2-8-24-11-14/h1-13H,(H,27,28)(H,26,29,30). The van der Waals surface area contributed by atoms with Crippen molar-refractivity contribution >= 4 is 22.1 Å². The zero-order chi connectivity index (χ0) is 19.9. The molecule has 0 saturated heterocycles. The van der Waals surface area contributed by atoms with Crippen LogP contribution in [0.15, 0.2) is 79.5 Å². The molecular weight excluding hydrogens is 374 g/mol. The zero-order valence-corrected chi connectivity index (χ0v) is 15.7. The van der Waals surface area contributed by atoms with E-state index < -0.39 is 0 Å². The Morgan fingerprint density at radius 3 is 2.40 bits per heavy atom. The van der Waals surface area contributed by atoms with Crippen LogP contribution < -0.4 is 0 Å². The van der Waals surface area contributed by atoms with Crippen LogP contribution in [0.2, 0.25) is 0 Å². The summed E-state index contributed by atoms with van der Waals surface area (Å²) in [6, 6.07) is 16.0. The minimum atomic E-state index is 0.644. The summed E-state index contributed by atoms with van der Waals surface area (Å²) in [5.41, 5.74) is 7.32. The maximum Gasteiger partial charge on any atom is 0.181 e. The highest BCUT2D eigenvalue weighted by Gasteiger charge is 2.16. The maximum absolute atomic E-state index is 4.89. The molecule has 0 aliphatic heterocycles. The molecule has 142 valence electrons. The minimum absolute atomic E-state index is 0.644. The number of nitrogens with zero attached hydrogens (tertiary/aromatic N) is 5. The lowest BCUT2D eigenvalue weighted by molar-refractivity contribution is 1.09. The molecule has 0 saturated carbocycles. The van der Waals surface area contributed by atoms with E-state index in [1.54, 1.807) is 12.4 Å². The summed E-state index contributed by atoms with van der Waals surface area (Å²) in [6.07, 6.45) is 9.00. The molecule has 30 heavy (non-hydrogen) atoms. The van der Waals surface area contributed by atoms with E-state index in [2.05, 4.69) is 42.3 Å². The van der Waals surface area contributed by atoms with Crippen molar-refractivity contribution in [2.75, 3.05) is 0 Å². The Bertz CT molecular complexity index is 1480. The van der Waals surface area contributed by atoms with E-state index in [-0.39, 0.29) is 0 Å². The molecule has 0 aliphatic rings. The first-order valence-electron chi connectivity index (χ1n) is 9.51. The molecule has 0 atom stereocenters. The fourth-order valence-corrected chi connectivity index (χ4v) is 3.68. The molecule has 0 unspecified atom stereocenters. The smallest absolute Gasteiger partial charge is 0.181 e. The number of hydrogen-bond donors (Lipinski definition) is 2. The van der Waals surface area contributed by atoms with E-state index in [0.29, 0.717) is 11.5 Å². The normalized spacial score (nSPS) is 11.3. The van der Waals surface area contributed by atoms with Crippen molar-refractivity contribution in [2.45, 2.75) is 0 Å². The predicted octanol–water partition coefficient (Wildman–Crippen LogP) is 4.63. The zero-order valence-electron chi connectivity index (χ0n) is 15.7. The number of aromatic nitrogens is 7. The maximum atomic E-state index is 4.89. The van der Waals surface area contributed by atoms with Crippen molar-refractivity contribution in [3.63, 3.8) is 0 Å². The van der Waals surface area contributed by atoms with Crippen LogP contribution in [0.3, 0.4) is 0 Å². The van der Waals surface area contributed by atoms with Gasteiger partial charge < -0.3 is 4.98 Å². The first-order valence-corrected chi connectivity index (χ1v) is 9.51. The van der Waals surface area contributed by atoms with Gasteiger partial charge in [0.2, 0.25) is 0 Å². The summed E-state index contributed by atoms with van der Waals surface area (Å²) in [4.78, 5) is 21.2. The van der Waals surface area contributed by atoms with Gasteiger partial charge in [-0.1, -0.05) is 24.3 Å². The molecule has 7 nitrogen and oxygen atoms in total. The van der Waals surface area contributed by atoms with Crippen molar-refractivity contribution in [1.29, 1.82) is 0 Å². The third kappa shape index (κ3) is 2.64. The van der Waals surface area contributed by atoms with Gasteiger partial charge in [0.25, 0.3) is 0 Å². The summed E-state index contributed by atoms with van der Waals surface area (Å²) in [6.45, 7) is 0. The molecule has 1 aromatic carbocycles. The minimum Gasteiger partial charge on any atom is -0.337 e. The van der Waals surface area contributed by atoms with Gasteiger partial charge in [-0.25, -0.2) is 9.97 Å². The van der Waals surface area contributed by atoms with Gasteiger partial charge in [-0.3, -0.25) is 15.1 Å². The number of fused-ring (bicyclic) bond motifs is 2. The topological polar surface area (TPSA) is 96.0 Å². The van der Waals surface area contributed by atoms with Gasteiger partial charge in [0.15, 0.2) is 11.5 Å². The Labute approximate surface area is 170 Å². The summed E-state index contributed by atoms with van der Waals surface area (Å²) in [5.74, 6) is 0.717. The number of benzene rings is 1. The number of aromatic amines is 2. The van der Waals surface area contributed by atoms with Crippen LogP contribution in [0.4, 0.5) is 0 Å². The van der Waals surface area contributed by atoms with E-state index >= 15 is 0 Å². The second-order valence-electron chi connectivity index (χ2n) is 6.96. The Balaban J connectivity index is 1.52. The molecule has 6 rings (SSSR count). The van der Waals surface area contributed by atoms with Crippen LogP contribution in [0.5, 0.6) is 0 Å². The lowest BCUT2D eigenvalue weighted by Crippen LogP contribution is -1.85. The van der Waals surface area contributed by atoms with Crippen LogP contribution in [0.25, 0.3) is 55.8 Å². The number of para-hydroxylation sites is 1. The highest BCUT2D eigenvalue weighted by atomic mass is 15.2. The van der Waals surface area contributed by atoms with Crippen LogP contribution in [-0.4, -0.2) is 35.1 Å². The van der Waals surface area contributed by atoms with Gasteiger partial charge in [0, 0.05) is 53.2 Å². The fourth-order valence-electron chi connectivity index (χ4n) is 3.68. The Morgan fingerprint density at radius 2 is 1.60 bits per heavy atom. The molecule has 0 bridgehead atoms. The third-order valence-corrected chi connectivity index (χ3v) is 5.13. The monoisotopic (exact) mass is 389 g/mol. The van der Waals surface area contributed by atoms with Crippen molar-refractivity contribution in [2.24, 2.45) is 0 Å². The summed E-state index contributed by atoms with van der Waals surface area (Å²) < 4.78 is 0. The van der Waals surface area contributed by atoms with Crippen LogP contribution >= 0.6 is 0 Å². The van der Waals surface area contributed by atoms with E-state index in [1.807, 2.05) is 55.0 Å². The molecule has 2 N–H and O–H groups in total. The fraction of sp³-hybridized carbons (Fsp3) is 0. The van der Waals surface area contributed by atoms with Crippen molar-refractivity contribution in [3.8, 4) is 33.8 Å². The molecule has 0 radical (unpaired) electrons. The van der Waals surface area contributed by atoms with Crippen molar-refractivity contribution < 1.29 is 0 Å². The van der Waals surface area contributed by atoms with Crippen LogP contribution in [0, 0.1) is 0 Å². The second kappa shape index (κ2) is 6.59. The largest absolute Gasteiger partial charge is 0.337 e. The first-order chi connectivity index (χ1) is 14.9. The van der Waals surface area contributed by atoms with Gasteiger partial charge in [-0.15, -0.1) is 0 Å². The highest BCUT2D eigenvalue weighted by Crippen LogP contribution is 2.32. The average molecular weight is 389 g/mol. The van der Waals surface area contributed by atoms with Gasteiger partial charge >= 0.3 is 0 Å². The Kier molecular flexibility index (Phi) is 3.64. The molecule has 0 amide bonds. The van der Waals surface area contributed by atoms with Crippen molar-refractivity contribution in [1.82, 2.24) is 35.1 Å².